The van der Waals surface area contributed by atoms with Gasteiger partial charge in [0.05, 0.1) is 13.2 Å². The lowest BCUT2D eigenvalue weighted by Gasteiger charge is -2.18. The van der Waals surface area contributed by atoms with Gasteiger partial charge in [-0.15, -0.1) is 13.2 Å². The molecule has 0 aliphatic heterocycles. The number of hydrogen-bond acceptors (Lipinski definition) is 3. The molecular formula is C20H30N2O2. The molecule has 0 aliphatic carbocycles. The van der Waals surface area contributed by atoms with Crippen molar-refractivity contribution in [3.63, 3.8) is 0 Å². The van der Waals surface area contributed by atoms with Crippen LogP contribution >= 0.6 is 0 Å². The molecule has 1 aromatic rings. The highest BCUT2D eigenvalue weighted by molar-refractivity contribution is 5.92. The number of hydrogen-bond donors (Lipinski definition) is 1. The number of nitrogens with zero attached hydrogens (tertiary/aromatic N) is 1. The zero-order valence-corrected chi connectivity index (χ0v) is 14.8. The first-order chi connectivity index (χ1) is 11.7. The number of benzene rings is 1. The average molecular weight is 330 g/mol. The quantitative estimate of drug-likeness (QED) is 0.434. The number of amides is 1. The van der Waals surface area contributed by atoms with E-state index in [0.717, 1.165) is 17.9 Å². The first kappa shape index (κ1) is 20.0. The van der Waals surface area contributed by atoms with Gasteiger partial charge in [0.1, 0.15) is 5.75 Å². The van der Waals surface area contributed by atoms with Gasteiger partial charge in [-0.3, -0.25) is 9.69 Å². The van der Waals surface area contributed by atoms with E-state index >= 15 is 0 Å². The van der Waals surface area contributed by atoms with E-state index in [0.29, 0.717) is 26.2 Å². The summed E-state index contributed by atoms with van der Waals surface area (Å²) in [6.45, 7) is 11.9. The summed E-state index contributed by atoms with van der Waals surface area (Å²) in [5.41, 5.74) is 0.753. The van der Waals surface area contributed by atoms with E-state index < -0.39 is 0 Å². The summed E-state index contributed by atoms with van der Waals surface area (Å²) in [7, 11) is 0. The van der Waals surface area contributed by atoms with Crippen molar-refractivity contribution >= 4 is 11.6 Å². The zero-order valence-electron chi connectivity index (χ0n) is 14.8. The second kappa shape index (κ2) is 12.4. The minimum absolute atomic E-state index is 0.0567. The van der Waals surface area contributed by atoms with Gasteiger partial charge in [-0.2, -0.15) is 0 Å². The van der Waals surface area contributed by atoms with Gasteiger partial charge >= 0.3 is 0 Å². The van der Waals surface area contributed by atoms with Crippen molar-refractivity contribution in [2.24, 2.45) is 0 Å². The fraction of sp³-hybridized carbons (Fsp3) is 0.450. The van der Waals surface area contributed by atoms with Crippen LogP contribution in [0.4, 0.5) is 5.69 Å². The van der Waals surface area contributed by atoms with E-state index in [2.05, 4.69) is 25.4 Å². The van der Waals surface area contributed by atoms with Crippen LogP contribution in [-0.4, -0.2) is 37.0 Å². The van der Waals surface area contributed by atoms with Crippen LogP contribution in [-0.2, 0) is 4.79 Å². The molecule has 0 fully saturated rings. The Morgan fingerprint density at radius 2 is 1.96 bits per heavy atom. The Labute approximate surface area is 146 Å². The fourth-order valence-corrected chi connectivity index (χ4v) is 2.35. The van der Waals surface area contributed by atoms with Gasteiger partial charge in [0.2, 0.25) is 5.91 Å². The Balaban J connectivity index is 2.46. The molecule has 4 nitrogen and oxygen atoms in total. The minimum atomic E-state index is -0.0567. The SMILES string of the molecule is C=CCN(CC=C)CC(=O)Nc1cccc(OCCCCCC)c1. The van der Waals surface area contributed by atoms with Crippen LogP contribution in [0.5, 0.6) is 5.75 Å². The number of carbonyl (C=O) groups is 1. The first-order valence-corrected chi connectivity index (χ1v) is 8.66. The summed E-state index contributed by atoms with van der Waals surface area (Å²) in [5, 5.41) is 2.91. The number of carbonyl (C=O) groups excluding carboxylic acids is 1. The van der Waals surface area contributed by atoms with E-state index in [-0.39, 0.29) is 5.91 Å². The van der Waals surface area contributed by atoms with Crippen molar-refractivity contribution in [2.75, 3.05) is 31.6 Å². The molecule has 4 heteroatoms. The molecule has 132 valence electrons. The lowest BCUT2D eigenvalue weighted by Crippen LogP contribution is -2.33. The maximum absolute atomic E-state index is 12.2. The van der Waals surface area contributed by atoms with Crippen molar-refractivity contribution in [1.82, 2.24) is 4.90 Å². The molecule has 0 heterocycles. The van der Waals surface area contributed by atoms with Crippen LogP contribution in [0.25, 0.3) is 0 Å². The fourth-order valence-electron chi connectivity index (χ4n) is 2.35. The summed E-state index contributed by atoms with van der Waals surface area (Å²) in [6.07, 6.45) is 8.27. The summed E-state index contributed by atoms with van der Waals surface area (Å²) in [6, 6.07) is 7.54. The third-order valence-electron chi connectivity index (χ3n) is 3.53. The Kier molecular flexibility index (Phi) is 10.3. The van der Waals surface area contributed by atoms with Crippen molar-refractivity contribution in [3.8, 4) is 5.75 Å². The number of unbranched alkanes of at least 4 members (excludes halogenated alkanes) is 3. The number of rotatable bonds is 13. The van der Waals surface area contributed by atoms with Gasteiger partial charge in [0, 0.05) is 24.8 Å². The standard InChI is InChI=1S/C20H30N2O2/c1-4-7-8-9-15-24-19-12-10-11-18(16-19)21-20(23)17-22(13-5-2)14-6-3/h5-6,10-12,16H,2-4,7-9,13-15,17H2,1H3,(H,21,23). The maximum atomic E-state index is 12.2. The molecule has 0 spiro atoms. The molecule has 0 aliphatic rings. The first-order valence-electron chi connectivity index (χ1n) is 8.66. The average Bonchev–Trinajstić information content (AvgIpc) is 2.55. The van der Waals surface area contributed by atoms with E-state index in [1.807, 2.05) is 29.2 Å². The Bertz CT molecular complexity index is 504. The van der Waals surface area contributed by atoms with Crippen molar-refractivity contribution in [3.05, 3.63) is 49.6 Å². The van der Waals surface area contributed by atoms with Crippen LogP contribution in [0.3, 0.4) is 0 Å². The number of ether oxygens (including phenoxy) is 1. The van der Waals surface area contributed by atoms with Crippen molar-refractivity contribution in [2.45, 2.75) is 32.6 Å². The van der Waals surface area contributed by atoms with Gasteiger partial charge in [0.25, 0.3) is 0 Å². The summed E-state index contributed by atoms with van der Waals surface area (Å²) in [4.78, 5) is 14.1. The molecule has 0 aromatic heterocycles. The molecule has 1 aromatic carbocycles. The van der Waals surface area contributed by atoms with Gasteiger partial charge in [0.15, 0.2) is 0 Å². The number of anilines is 1. The highest BCUT2D eigenvalue weighted by Gasteiger charge is 2.09. The lowest BCUT2D eigenvalue weighted by atomic mass is 10.2. The monoisotopic (exact) mass is 330 g/mol. The third kappa shape index (κ3) is 8.53. The van der Waals surface area contributed by atoms with Crippen molar-refractivity contribution in [1.29, 1.82) is 0 Å². The molecule has 1 N–H and O–H groups in total. The zero-order chi connectivity index (χ0) is 17.6. The summed E-state index contributed by atoms with van der Waals surface area (Å²) in [5.74, 6) is 0.733. The van der Waals surface area contributed by atoms with Crippen LogP contribution in [0.2, 0.25) is 0 Å². The van der Waals surface area contributed by atoms with Gasteiger partial charge < -0.3 is 10.1 Å². The van der Waals surface area contributed by atoms with Crippen LogP contribution < -0.4 is 10.1 Å². The van der Waals surface area contributed by atoms with E-state index in [1.54, 1.807) is 12.2 Å². The largest absolute Gasteiger partial charge is 0.494 e. The van der Waals surface area contributed by atoms with Gasteiger partial charge in [-0.1, -0.05) is 44.4 Å². The van der Waals surface area contributed by atoms with Gasteiger partial charge in [-0.25, -0.2) is 0 Å². The molecule has 1 amide bonds. The van der Waals surface area contributed by atoms with Gasteiger partial charge in [-0.05, 0) is 18.6 Å². The Hall–Kier alpha value is -2.07. The highest BCUT2D eigenvalue weighted by atomic mass is 16.5. The Morgan fingerprint density at radius 1 is 1.21 bits per heavy atom. The number of nitrogens with one attached hydrogen (secondary N) is 1. The third-order valence-corrected chi connectivity index (χ3v) is 3.53. The molecule has 1 rings (SSSR count). The predicted octanol–water partition coefficient (Wildman–Crippen LogP) is 4.26. The molecule has 0 atom stereocenters. The van der Waals surface area contributed by atoms with E-state index in [1.165, 1.54) is 19.3 Å². The summed E-state index contributed by atoms with van der Waals surface area (Å²) < 4.78 is 5.74. The molecule has 0 radical (unpaired) electrons. The maximum Gasteiger partial charge on any atom is 0.238 e. The van der Waals surface area contributed by atoms with Crippen LogP contribution in [0.15, 0.2) is 49.6 Å². The van der Waals surface area contributed by atoms with Crippen LogP contribution in [0, 0.1) is 0 Å². The smallest absolute Gasteiger partial charge is 0.238 e. The molecular weight excluding hydrogens is 300 g/mol. The van der Waals surface area contributed by atoms with Crippen LogP contribution in [0.1, 0.15) is 32.6 Å². The van der Waals surface area contributed by atoms with Crippen molar-refractivity contribution < 1.29 is 9.53 Å². The molecule has 0 bridgehead atoms. The molecule has 24 heavy (non-hydrogen) atoms. The minimum Gasteiger partial charge on any atom is -0.494 e. The van der Waals surface area contributed by atoms with E-state index in [4.69, 9.17) is 4.74 Å². The molecule has 0 saturated carbocycles. The topological polar surface area (TPSA) is 41.6 Å². The van der Waals surface area contributed by atoms with E-state index in [9.17, 15) is 4.79 Å². The highest BCUT2D eigenvalue weighted by Crippen LogP contribution is 2.18. The predicted molar refractivity (Wildman–Crippen MR) is 102 cm³/mol. The molecule has 0 unspecified atom stereocenters. The molecule has 0 saturated heterocycles. The lowest BCUT2D eigenvalue weighted by molar-refractivity contribution is -0.117. The summed E-state index contributed by atoms with van der Waals surface area (Å²) >= 11 is 0. The second-order valence-corrected chi connectivity index (χ2v) is 5.76. The normalized spacial score (nSPS) is 10.4. The second-order valence-electron chi connectivity index (χ2n) is 5.76. The Morgan fingerprint density at radius 3 is 2.62 bits per heavy atom.